The second-order valence-electron chi connectivity index (χ2n) is 4.86. The van der Waals surface area contributed by atoms with Crippen molar-refractivity contribution in [3.05, 3.63) is 62.0 Å². The molecule has 1 atom stereocenters. The Bertz CT molecular complexity index is 616. The Kier molecular flexibility index (Phi) is 5.94. The highest BCUT2D eigenvalue weighted by atomic mass is 79.9. The van der Waals surface area contributed by atoms with Crippen molar-refractivity contribution in [2.75, 3.05) is 6.54 Å². The third-order valence-electron chi connectivity index (χ3n) is 3.27. The lowest BCUT2D eigenvalue weighted by Gasteiger charge is -2.12. The van der Waals surface area contributed by atoms with Crippen molar-refractivity contribution in [3.63, 3.8) is 0 Å². The average Bonchev–Trinajstić information content (AvgIpc) is 2.49. The molecule has 2 N–H and O–H groups in total. The van der Waals surface area contributed by atoms with Crippen LogP contribution in [0.15, 0.2) is 40.9 Å². The molecule has 1 unspecified atom stereocenters. The summed E-state index contributed by atoms with van der Waals surface area (Å²) in [5, 5.41) is 1.10. The molecule has 0 aliphatic heterocycles. The molecular formula is C16H16BrCl2NO. The maximum absolute atomic E-state index is 6.13. The van der Waals surface area contributed by atoms with Gasteiger partial charge < -0.3 is 10.5 Å². The van der Waals surface area contributed by atoms with Crippen LogP contribution in [0.3, 0.4) is 0 Å². The maximum Gasteiger partial charge on any atom is 0.139 e. The van der Waals surface area contributed by atoms with Gasteiger partial charge in [-0.1, -0.05) is 54.4 Å². The monoisotopic (exact) mass is 387 g/mol. The van der Waals surface area contributed by atoms with Crippen molar-refractivity contribution in [1.82, 2.24) is 0 Å². The molecule has 2 aromatic carbocycles. The van der Waals surface area contributed by atoms with Crippen LogP contribution in [0, 0.1) is 0 Å². The Morgan fingerprint density at radius 3 is 2.43 bits per heavy atom. The van der Waals surface area contributed by atoms with Crippen LogP contribution in [0.1, 0.15) is 24.0 Å². The predicted octanol–water partition coefficient (Wildman–Crippen LogP) is 5.40. The minimum Gasteiger partial charge on any atom is -0.487 e. The van der Waals surface area contributed by atoms with E-state index in [1.807, 2.05) is 12.1 Å². The number of ether oxygens (including phenoxy) is 1. The number of halogens is 3. The summed E-state index contributed by atoms with van der Waals surface area (Å²) in [5.74, 6) is 0.934. The zero-order valence-electron chi connectivity index (χ0n) is 11.6. The number of benzene rings is 2. The van der Waals surface area contributed by atoms with E-state index in [9.17, 15) is 0 Å². The summed E-state index contributed by atoms with van der Waals surface area (Å²) >= 11 is 15.5. The smallest absolute Gasteiger partial charge is 0.139 e. The Morgan fingerprint density at radius 2 is 1.81 bits per heavy atom. The first-order valence-electron chi connectivity index (χ1n) is 6.57. The van der Waals surface area contributed by atoms with Crippen LogP contribution in [0.2, 0.25) is 10.0 Å². The summed E-state index contributed by atoms with van der Waals surface area (Å²) in [6, 6.07) is 11.7. The van der Waals surface area contributed by atoms with Crippen LogP contribution in [-0.2, 0) is 6.61 Å². The van der Waals surface area contributed by atoms with Crippen molar-refractivity contribution in [3.8, 4) is 5.75 Å². The van der Waals surface area contributed by atoms with Crippen molar-refractivity contribution in [2.24, 2.45) is 5.73 Å². The van der Waals surface area contributed by atoms with Gasteiger partial charge in [0.1, 0.15) is 12.4 Å². The van der Waals surface area contributed by atoms with Crippen LogP contribution in [-0.4, -0.2) is 6.54 Å². The van der Waals surface area contributed by atoms with Crippen LogP contribution in [0.25, 0.3) is 0 Å². The maximum atomic E-state index is 6.13. The minimum absolute atomic E-state index is 0.361. The van der Waals surface area contributed by atoms with Gasteiger partial charge in [0.05, 0.1) is 10.0 Å². The van der Waals surface area contributed by atoms with Gasteiger partial charge in [0.15, 0.2) is 0 Å². The van der Waals surface area contributed by atoms with Gasteiger partial charge in [0.2, 0.25) is 0 Å². The lowest BCUT2D eigenvalue weighted by atomic mass is 10.0. The highest BCUT2D eigenvalue weighted by Crippen LogP contribution is 2.34. The Hall–Kier alpha value is -0.740. The third-order valence-corrected chi connectivity index (χ3v) is 4.76. The normalized spacial score (nSPS) is 12.2. The average molecular weight is 389 g/mol. The van der Waals surface area contributed by atoms with Crippen LogP contribution < -0.4 is 10.5 Å². The van der Waals surface area contributed by atoms with Gasteiger partial charge in [0, 0.05) is 10.5 Å². The van der Waals surface area contributed by atoms with E-state index in [4.69, 9.17) is 33.7 Å². The molecule has 0 radical (unpaired) electrons. The first kappa shape index (κ1) is 16.6. The van der Waals surface area contributed by atoms with Crippen molar-refractivity contribution >= 4 is 39.1 Å². The van der Waals surface area contributed by atoms with Gasteiger partial charge in [-0.15, -0.1) is 0 Å². The standard InChI is InChI=1S/C16H16BrCl2NO/c1-10(8-20)12-4-2-11(3-5-12)9-21-16-7-14(18)13(17)6-15(16)19/h2-7,10H,8-9,20H2,1H3. The van der Waals surface area contributed by atoms with Crippen molar-refractivity contribution < 1.29 is 4.74 Å². The van der Waals surface area contributed by atoms with Crippen LogP contribution in [0.5, 0.6) is 5.75 Å². The number of hydrogen-bond donors (Lipinski definition) is 1. The molecule has 2 rings (SSSR count). The molecule has 0 fully saturated rings. The van der Waals surface area contributed by atoms with Crippen LogP contribution >= 0.6 is 39.1 Å². The largest absolute Gasteiger partial charge is 0.487 e. The fourth-order valence-electron chi connectivity index (χ4n) is 1.85. The zero-order valence-corrected chi connectivity index (χ0v) is 14.7. The van der Waals surface area contributed by atoms with E-state index in [1.165, 1.54) is 5.56 Å². The predicted molar refractivity (Wildman–Crippen MR) is 92.4 cm³/mol. The number of hydrogen-bond acceptors (Lipinski definition) is 2. The molecule has 0 aliphatic rings. The van der Waals surface area contributed by atoms with Gasteiger partial charge in [0.25, 0.3) is 0 Å². The molecule has 112 valence electrons. The molecule has 0 amide bonds. The number of nitrogens with two attached hydrogens (primary N) is 1. The first-order chi connectivity index (χ1) is 10.0. The van der Waals surface area contributed by atoms with E-state index in [0.717, 1.165) is 10.0 Å². The molecule has 0 spiro atoms. The van der Waals surface area contributed by atoms with Gasteiger partial charge in [-0.2, -0.15) is 0 Å². The van der Waals surface area contributed by atoms with E-state index in [0.29, 0.717) is 34.9 Å². The molecule has 0 aliphatic carbocycles. The molecule has 5 heteroatoms. The third kappa shape index (κ3) is 4.36. The summed E-state index contributed by atoms with van der Waals surface area (Å²) in [5.41, 5.74) is 7.96. The molecule has 2 nitrogen and oxygen atoms in total. The van der Waals surface area contributed by atoms with Gasteiger partial charge in [-0.3, -0.25) is 0 Å². The minimum atomic E-state index is 0.361. The second kappa shape index (κ2) is 7.50. The molecule has 0 heterocycles. The molecule has 0 saturated heterocycles. The highest BCUT2D eigenvalue weighted by Gasteiger charge is 2.08. The van der Waals surface area contributed by atoms with Crippen LogP contribution in [0.4, 0.5) is 0 Å². The fraction of sp³-hybridized carbons (Fsp3) is 0.250. The Balaban J connectivity index is 2.05. The molecule has 2 aromatic rings. The van der Waals surface area contributed by atoms with Gasteiger partial charge in [-0.05, 0) is 45.6 Å². The Morgan fingerprint density at radius 1 is 1.14 bits per heavy atom. The van der Waals surface area contributed by atoms with Gasteiger partial charge in [-0.25, -0.2) is 0 Å². The van der Waals surface area contributed by atoms with Gasteiger partial charge >= 0.3 is 0 Å². The zero-order chi connectivity index (χ0) is 15.4. The summed E-state index contributed by atoms with van der Waals surface area (Å²) in [4.78, 5) is 0. The van der Waals surface area contributed by atoms with E-state index >= 15 is 0 Å². The summed E-state index contributed by atoms with van der Waals surface area (Å²) in [6.45, 7) is 3.19. The summed E-state index contributed by atoms with van der Waals surface area (Å²) in [6.07, 6.45) is 0. The first-order valence-corrected chi connectivity index (χ1v) is 8.12. The van der Waals surface area contributed by atoms with Crippen molar-refractivity contribution in [2.45, 2.75) is 19.4 Å². The molecule has 21 heavy (non-hydrogen) atoms. The fourth-order valence-corrected chi connectivity index (χ4v) is 2.70. The SMILES string of the molecule is CC(CN)c1ccc(COc2cc(Cl)c(Br)cc2Cl)cc1. The Labute approximate surface area is 143 Å². The topological polar surface area (TPSA) is 35.2 Å². The molecule has 0 aromatic heterocycles. The van der Waals surface area contributed by atoms with E-state index in [-0.39, 0.29) is 0 Å². The quantitative estimate of drug-likeness (QED) is 0.696. The number of rotatable bonds is 5. The summed E-state index contributed by atoms with van der Waals surface area (Å²) < 4.78 is 6.47. The molecular weight excluding hydrogens is 373 g/mol. The molecule has 0 bridgehead atoms. The second-order valence-corrected chi connectivity index (χ2v) is 6.53. The lowest BCUT2D eigenvalue weighted by Crippen LogP contribution is -2.08. The van der Waals surface area contributed by atoms with Crippen molar-refractivity contribution in [1.29, 1.82) is 0 Å². The van der Waals surface area contributed by atoms with E-state index < -0.39 is 0 Å². The lowest BCUT2D eigenvalue weighted by molar-refractivity contribution is 0.306. The highest BCUT2D eigenvalue weighted by molar-refractivity contribution is 9.10. The van der Waals surface area contributed by atoms with E-state index in [2.05, 4.69) is 35.0 Å². The van der Waals surface area contributed by atoms with E-state index in [1.54, 1.807) is 12.1 Å². The molecule has 0 saturated carbocycles. The summed E-state index contributed by atoms with van der Waals surface area (Å²) in [7, 11) is 0.